The minimum atomic E-state index is -0.0830. The first kappa shape index (κ1) is 14.7. The molecule has 0 aliphatic carbocycles. The summed E-state index contributed by atoms with van der Waals surface area (Å²) in [5.41, 5.74) is 0.880. The summed E-state index contributed by atoms with van der Waals surface area (Å²) >= 11 is 3.02. The SMILES string of the molecule is COc1ccc(/C=c2/s/c(=C/c3ncc(C)s3)[nH]c2=O)cc1. The van der Waals surface area contributed by atoms with Crippen molar-refractivity contribution in [3.05, 3.63) is 65.5 Å². The molecule has 4 nitrogen and oxygen atoms in total. The molecule has 0 atom stereocenters. The molecule has 3 aromatic rings. The molecule has 0 aliphatic heterocycles. The second kappa shape index (κ2) is 6.29. The molecule has 0 saturated carbocycles. The first-order chi connectivity index (χ1) is 10.6. The summed E-state index contributed by atoms with van der Waals surface area (Å²) in [7, 11) is 1.63. The van der Waals surface area contributed by atoms with E-state index in [-0.39, 0.29) is 5.56 Å². The number of hydrogen-bond acceptors (Lipinski definition) is 5. The van der Waals surface area contributed by atoms with Gasteiger partial charge in [0.05, 0.1) is 16.3 Å². The molecule has 2 aromatic heterocycles. The van der Waals surface area contributed by atoms with E-state index in [0.29, 0.717) is 4.53 Å². The summed E-state index contributed by atoms with van der Waals surface area (Å²) in [6, 6.07) is 7.59. The van der Waals surface area contributed by atoms with Crippen LogP contribution in [0.15, 0.2) is 35.3 Å². The lowest BCUT2D eigenvalue weighted by Crippen LogP contribution is -2.19. The highest BCUT2D eigenvalue weighted by atomic mass is 32.1. The van der Waals surface area contributed by atoms with Crippen LogP contribution < -0.4 is 19.5 Å². The van der Waals surface area contributed by atoms with E-state index in [9.17, 15) is 4.79 Å². The maximum absolute atomic E-state index is 12.0. The largest absolute Gasteiger partial charge is 0.497 e. The lowest BCUT2D eigenvalue weighted by Gasteiger charge is -1.98. The van der Waals surface area contributed by atoms with Crippen LogP contribution in [0.4, 0.5) is 0 Å². The number of ether oxygens (including phenoxy) is 1. The van der Waals surface area contributed by atoms with Crippen LogP contribution >= 0.6 is 22.7 Å². The molecule has 0 amide bonds. The molecular formula is C16H14N2O2S2. The predicted octanol–water partition coefficient (Wildman–Crippen LogP) is 1.87. The van der Waals surface area contributed by atoms with E-state index in [1.807, 2.05) is 49.5 Å². The van der Waals surface area contributed by atoms with Gasteiger partial charge in [0.2, 0.25) is 0 Å². The highest BCUT2D eigenvalue weighted by molar-refractivity contribution is 7.12. The third-order valence-electron chi connectivity index (χ3n) is 2.99. The quantitative estimate of drug-likeness (QED) is 0.798. The van der Waals surface area contributed by atoms with Gasteiger partial charge in [0.15, 0.2) is 0 Å². The first-order valence-electron chi connectivity index (χ1n) is 6.63. The monoisotopic (exact) mass is 330 g/mol. The molecule has 22 heavy (non-hydrogen) atoms. The number of aryl methyl sites for hydroxylation is 1. The van der Waals surface area contributed by atoms with Crippen LogP contribution in [-0.2, 0) is 0 Å². The predicted molar refractivity (Wildman–Crippen MR) is 91.2 cm³/mol. The topological polar surface area (TPSA) is 55.0 Å². The number of thiazole rings is 2. The van der Waals surface area contributed by atoms with E-state index >= 15 is 0 Å². The molecule has 112 valence electrons. The average molecular weight is 330 g/mol. The summed E-state index contributed by atoms with van der Waals surface area (Å²) < 4.78 is 6.60. The summed E-state index contributed by atoms with van der Waals surface area (Å²) in [5, 5.41) is 0.894. The van der Waals surface area contributed by atoms with Crippen molar-refractivity contribution in [3.63, 3.8) is 0 Å². The minimum Gasteiger partial charge on any atom is -0.497 e. The normalized spacial score (nSPS) is 12.8. The number of aromatic nitrogens is 2. The Morgan fingerprint density at radius 3 is 2.59 bits per heavy atom. The Morgan fingerprint density at radius 2 is 1.95 bits per heavy atom. The van der Waals surface area contributed by atoms with E-state index < -0.39 is 0 Å². The Morgan fingerprint density at radius 1 is 1.18 bits per heavy atom. The first-order valence-corrected chi connectivity index (χ1v) is 8.26. The average Bonchev–Trinajstić information content (AvgIpc) is 3.06. The van der Waals surface area contributed by atoms with E-state index in [1.54, 1.807) is 18.4 Å². The van der Waals surface area contributed by atoms with Crippen LogP contribution in [0.25, 0.3) is 12.2 Å². The van der Waals surface area contributed by atoms with E-state index in [0.717, 1.165) is 25.9 Å². The second-order valence-corrected chi connectivity index (χ2v) is 7.01. The van der Waals surface area contributed by atoms with E-state index in [4.69, 9.17) is 4.74 Å². The number of nitrogens with one attached hydrogen (secondary N) is 1. The molecule has 0 spiro atoms. The van der Waals surface area contributed by atoms with Crippen LogP contribution in [0, 0.1) is 6.92 Å². The van der Waals surface area contributed by atoms with Crippen molar-refractivity contribution in [3.8, 4) is 5.75 Å². The number of benzene rings is 1. The van der Waals surface area contributed by atoms with Gasteiger partial charge in [-0.1, -0.05) is 12.1 Å². The fourth-order valence-electron chi connectivity index (χ4n) is 1.93. The van der Waals surface area contributed by atoms with Crippen molar-refractivity contribution in [2.24, 2.45) is 0 Å². The van der Waals surface area contributed by atoms with Gasteiger partial charge in [0, 0.05) is 17.2 Å². The van der Waals surface area contributed by atoms with Crippen LogP contribution in [0.1, 0.15) is 15.4 Å². The Labute approximate surface area is 135 Å². The second-order valence-electron chi connectivity index (χ2n) is 4.66. The van der Waals surface area contributed by atoms with Crippen molar-refractivity contribution in [2.75, 3.05) is 7.11 Å². The number of methoxy groups -OCH3 is 1. The zero-order chi connectivity index (χ0) is 15.5. The fourth-order valence-corrected chi connectivity index (χ4v) is 3.61. The Kier molecular flexibility index (Phi) is 4.22. The van der Waals surface area contributed by atoms with Gasteiger partial charge in [-0.05, 0) is 30.7 Å². The zero-order valence-corrected chi connectivity index (χ0v) is 13.8. The van der Waals surface area contributed by atoms with E-state index in [2.05, 4.69) is 9.97 Å². The summed E-state index contributed by atoms with van der Waals surface area (Å²) in [6.45, 7) is 2.01. The van der Waals surface area contributed by atoms with Gasteiger partial charge in [-0.25, -0.2) is 4.98 Å². The van der Waals surface area contributed by atoms with Gasteiger partial charge in [-0.2, -0.15) is 0 Å². The van der Waals surface area contributed by atoms with Gasteiger partial charge >= 0.3 is 0 Å². The van der Waals surface area contributed by atoms with Crippen molar-refractivity contribution >= 4 is 34.8 Å². The maximum atomic E-state index is 12.0. The molecule has 1 aromatic carbocycles. The van der Waals surface area contributed by atoms with Crippen LogP contribution in [0.3, 0.4) is 0 Å². The standard InChI is InChI=1S/C16H14N2O2S2/c1-10-9-17-14(21-10)8-15-18-16(19)13(22-15)7-11-3-5-12(20-2)6-4-11/h3-9H,1-2H3,(H,18,19)/b13-7+,15-8+. The van der Waals surface area contributed by atoms with Crippen LogP contribution in [0.2, 0.25) is 0 Å². The lowest BCUT2D eigenvalue weighted by molar-refractivity contribution is 0.415. The third-order valence-corrected chi connectivity index (χ3v) is 4.81. The molecule has 0 fully saturated rings. The van der Waals surface area contributed by atoms with Gasteiger partial charge in [0.1, 0.15) is 10.8 Å². The van der Waals surface area contributed by atoms with Gasteiger partial charge in [-0.15, -0.1) is 22.7 Å². The summed E-state index contributed by atoms with van der Waals surface area (Å²) in [5.74, 6) is 0.797. The smallest absolute Gasteiger partial charge is 0.266 e. The lowest BCUT2D eigenvalue weighted by atomic mass is 10.2. The molecule has 0 bridgehead atoms. The minimum absolute atomic E-state index is 0.0830. The van der Waals surface area contributed by atoms with E-state index in [1.165, 1.54) is 11.3 Å². The fraction of sp³-hybridized carbons (Fsp3) is 0.125. The number of rotatable bonds is 3. The van der Waals surface area contributed by atoms with Crippen LogP contribution in [0.5, 0.6) is 5.75 Å². The summed E-state index contributed by atoms with van der Waals surface area (Å²) in [4.78, 5) is 20.3. The zero-order valence-electron chi connectivity index (χ0n) is 12.1. The number of nitrogens with zero attached hydrogens (tertiary/aromatic N) is 1. The Balaban J connectivity index is 1.99. The van der Waals surface area contributed by atoms with Gasteiger partial charge in [0.25, 0.3) is 5.56 Å². The molecule has 0 saturated heterocycles. The molecule has 0 unspecified atom stereocenters. The molecule has 3 rings (SSSR count). The van der Waals surface area contributed by atoms with Crippen molar-refractivity contribution in [2.45, 2.75) is 6.92 Å². The van der Waals surface area contributed by atoms with Crippen molar-refractivity contribution in [1.29, 1.82) is 0 Å². The highest BCUT2D eigenvalue weighted by Crippen LogP contribution is 2.12. The highest BCUT2D eigenvalue weighted by Gasteiger charge is 1.98. The van der Waals surface area contributed by atoms with Crippen molar-refractivity contribution in [1.82, 2.24) is 9.97 Å². The Hall–Kier alpha value is -2.18. The Bertz CT molecular complexity index is 949. The maximum Gasteiger partial charge on any atom is 0.266 e. The summed E-state index contributed by atoms with van der Waals surface area (Å²) in [6.07, 6.45) is 5.59. The van der Waals surface area contributed by atoms with Gasteiger partial charge < -0.3 is 9.72 Å². The molecule has 1 N–H and O–H groups in total. The van der Waals surface area contributed by atoms with Crippen molar-refractivity contribution < 1.29 is 4.74 Å². The number of aromatic amines is 1. The molecule has 2 heterocycles. The molecule has 0 aliphatic rings. The van der Waals surface area contributed by atoms with Crippen LogP contribution in [-0.4, -0.2) is 17.1 Å². The number of H-pyrrole nitrogens is 1. The number of hydrogen-bond donors (Lipinski definition) is 1. The molecule has 0 radical (unpaired) electrons. The molecule has 6 heteroatoms. The molecular weight excluding hydrogens is 316 g/mol. The van der Waals surface area contributed by atoms with Gasteiger partial charge in [-0.3, -0.25) is 4.79 Å². The third kappa shape index (κ3) is 3.35.